The Hall–Kier alpha value is -2.96. The van der Waals surface area contributed by atoms with Gasteiger partial charge in [0, 0.05) is 6.07 Å². The first-order chi connectivity index (χ1) is 10.1. The molecule has 1 aromatic carbocycles. The number of benzene rings is 1. The van der Waals surface area contributed by atoms with E-state index >= 15 is 0 Å². The third-order valence-electron chi connectivity index (χ3n) is 2.73. The largest absolute Gasteiger partial charge is 0.493 e. The van der Waals surface area contributed by atoms with Crippen LogP contribution >= 0.6 is 0 Å². The summed E-state index contributed by atoms with van der Waals surface area (Å²) in [5.41, 5.74) is 5.52. The number of carboxylic acid groups (broad SMARTS) is 1. The van der Waals surface area contributed by atoms with E-state index in [4.69, 9.17) is 25.1 Å². The van der Waals surface area contributed by atoms with E-state index in [-0.39, 0.29) is 17.1 Å². The average molecular weight is 290 g/mol. The first-order valence-electron chi connectivity index (χ1n) is 5.94. The fourth-order valence-electron chi connectivity index (χ4n) is 1.71. The minimum atomic E-state index is -1.16. The van der Waals surface area contributed by atoms with Gasteiger partial charge in [-0.1, -0.05) is 6.07 Å². The highest BCUT2D eigenvalue weighted by atomic mass is 16.5. The highest BCUT2D eigenvalue weighted by molar-refractivity contribution is 5.93. The van der Waals surface area contributed by atoms with Crippen LogP contribution in [0.5, 0.6) is 23.1 Å². The highest BCUT2D eigenvalue weighted by Gasteiger charge is 2.15. The van der Waals surface area contributed by atoms with Crippen molar-refractivity contribution in [2.45, 2.75) is 0 Å². The fraction of sp³-hybridized carbons (Fsp3) is 0.143. The summed E-state index contributed by atoms with van der Waals surface area (Å²) in [6.07, 6.45) is 1.22. The van der Waals surface area contributed by atoms with Gasteiger partial charge in [0.1, 0.15) is 0 Å². The van der Waals surface area contributed by atoms with Crippen LogP contribution in [0.15, 0.2) is 30.5 Å². The van der Waals surface area contributed by atoms with Gasteiger partial charge < -0.3 is 25.1 Å². The van der Waals surface area contributed by atoms with Crippen LogP contribution in [0.4, 0.5) is 5.69 Å². The number of pyridine rings is 1. The van der Waals surface area contributed by atoms with E-state index in [2.05, 4.69) is 4.98 Å². The molecule has 0 bridgehead atoms. The molecule has 0 saturated heterocycles. The van der Waals surface area contributed by atoms with Gasteiger partial charge in [0.05, 0.1) is 31.7 Å². The van der Waals surface area contributed by atoms with Crippen molar-refractivity contribution in [2.24, 2.45) is 0 Å². The van der Waals surface area contributed by atoms with E-state index in [1.165, 1.54) is 26.5 Å². The maximum Gasteiger partial charge on any atom is 0.338 e. The molecule has 0 spiro atoms. The molecule has 110 valence electrons. The van der Waals surface area contributed by atoms with Gasteiger partial charge in [-0.3, -0.25) is 0 Å². The Bertz CT molecular complexity index is 650. The number of carboxylic acids is 1. The minimum absolute atomic E-state index is 0.0573. The smallest absolute Gasteiger partial charge is 0.338 e. The van der Waals surface area contributed by atoms with Crippen LogP contribution in [0.3, 0.4) is 0 Å². The zero-order chi connectivity index (χ0) is 15.4. The van der Waals surface area contributed by atoms with Gasteiger partial charge in [0.2, 0.25) is 11.6 Å². The Labute approximate surface area is 120 Å². The molecule has 0 aliphatic rings. The molecule has 7 nitrogen and oxygen atoms in total. The number of nitrogens with zero attached hydrogens (tertiary/aromatic N) is 1. The number of anilines is 1. The normalized spacial score (nSPS) is 10.0. The molecule has 0 atom stereocenters. The summed E-state index contributed by atoms with van der Waals surface area (Å²) in [7, 11) is 2.97. The SMILES string of the molecule is COc1cccc(OC)c1Oc1cc(C(=O)O)c(N)cn1. The lowest BCUT2D eigenvalue weighted by atomic mass is 10.2. The average Bonchev–Trinajstić information content (AvgIpc) is 2.49. The number of aromatic nitrogens is 1. The van der Waals surface area contributed by atoms with Gasteiger partial charge in [-0.15, -0.1) is 0 Å². The Kier molecular flexibility index (Phi) is 4.13. The second-order valence-electron chi connectivity index (χ2n) is 4.01. The molecule has 0 saturated carbocycles. The maximum atomic E-state index is 11.1. The van der Waals surface area contributed by atoms with Crippen molar-refractivity contribution < 1.29 is 24.1 Å². The number of para-hydroxylation sites is 1. The van der Waals surface area contributed by atoms with Crippen molar-refractivity contribution in [3.05, 3.63) is 36.0 Å². The molecule has 0 radical (unpaired) electrons. The summed E-state index contributed by atoms with van der Waals surface area (Å²) >= 11 is 0. The van der Waals surface area contributed by atoms with Gasteiger partial charge in [-0.05, 0) is 12.1 Å². The van der Waals surface area contributed by atoms with Crippen LogP contribution in [-0.2, 0) is 0 Å². The van der Waals surface area contributed by atoms with Gasteiger partial charge >= 0.3 is 5.97 Å². The zero-order valence-electron chi connectivity index (χ0n) is 11.5. The van der Waals surface area contributed by atoms with E-state index in [9.17, 15) is 4.79 Å². The predicted octanol–water partition coefficient (Wildman–Crippen LogP) is 2.17. The van der Waals surface area contributed by atoms with Crippen molar-refractivity contribution >= 4 is 11.7 Å². The van der Waals surface area contributed by atoms with E-state index < -0.39 is 5.97 Å². The third kappa shape index (κ3) is 2.97. The van der Waals surface area contributed by atoms with Crippen molar-refractivity contribution in [3.63, 3.8) is 0 Å². The topological polar surface area (TPSA) is 104 Å². The molecule has 3 N–H and O–H groups in total. The molecule has 21 heavy (non-hydrogen) atoms. The van der Waals surface area contributed by atoms with Crippen LogP contribution in [-0.4, -0.2) is 30.3 Å². The number of methoxy groups -OCH3 is 2. The van der Waals surface area contributed by atoms with Crippen LogP contribution in [0.2, 0.25) is 0 Å². The molecule has 0 aliphatic carbocycles. The maximum absolute atomic E-state index is 11.1. The monoisotopic (exact) mass is 290 g/mol. The van der Waals surface area contributed by atoms with E-state index in [0.29, 0.717) is 17.2 Å². The number of ether oxygens (including phenoxy) is 3. The summed E-state index contributed by atoms with van der Waals surface area (Å²) in [6.45, 7) is 0. The molecule has 0 unspecified atom stereocenters. The van der Waals surface area contributed by atoms with Crippen molar-refractivity contribution in [3.8, 4) is 23.1 Å². The van der Waals surface area contributed by atoms with Gasteiger partial charge in [0.15, 0.2) is 11.5 Å². The number of nitrogen functional groups attached to an aromatic ring is 1. The number of hydrogen-bond donors (Lipinski definition) is 2. The van der Waals surface area contributed by atoms with Crippen LogP contribution in [0, 0.1) is 0 Å². The Morgan fingerprint density at radius 1 is 1.24 bits per heavy atom. The molecule has 0 aliphatic heterocycles. The predicted molar refractivity (Wildman–Crippen MR) is 75.2 cm³/mol. The van der Waals surface area contributed by atoms with Crippen molar-refractivity contribution in [1.29, 1.82) is 0 Å². The Balaban J connectivity index is 2.43. The molecule has 2 aromatic rings. The van der Waals surface area contributed by atoms with Crippen molar-refractivity contribution in [2.75, 3.05) is 20.0 Å². The summed E-state index contributed by atoms with van der Waals surface area (Å²) in [4.78, 5) is 15.0. The summed E-state index contributed by atoms with van der Waals surface area (Å²) in [5, 5.41) is 9.04. The molecule has 2 rings (SSSR count). The molecule has 1 aromatic heterocycles. The second kappa shape index (κ2) is 6.00. The lowest BCUT2D eigenvalue weighted by molar-refractivity contribution is 0.0697. The van der Waals surface area contributed by atoms with Crippen LogP contribution in [0.1, 0.15) is 10.4 Å². The first kappa shape index (κ1) is 14.4. The minimum Gasteiger partial charge on any atom is -0.493 e. The number of hydrogen-bond acceptors (Lipinski definition) is 6. The van der Waals surface area contributed by atoms with Crippen LogP contribution in [0.25, 0.3) is 0 Å². The summed E-state index contributed by atoms with van der Waals surface area (Å²) in [5.74, 6) is 0.0851. The number of aromatic carboxylic acids is 1. The molecule has 7 heteroatoms. The number of carbonyl (C=O) groups is 1. The Morgan fingerprint density at radius 2 is 1.86 bits per heavy atom. The quantitative estimate of drug-likeness (QED) is 0.869. The summed E-state index contributed by atoms with van der Waals surface area (Å²) < 4.78 is 16.0. The van der Waals surface area contributed by atoms with Gasteiger partial charge in [-0.2, -0.15) is 0 Å². The number of nitrogens with two attached hydrogens (primary N) is 1. The van der Waals surface area contributed by atoms with E-state index in [0.717, 1.165) is 0 Å². The molecular formula is C14H14N2O5. The molecule has 1 heterocycles. The number of rotatable bonds is 5. The third-order valence-corrected chi connectivity index (χ3v) is 2.73. The Morgan fingerprint density at radius 3 is 2.38 bits per heavy atom. The lowest BCUT2D eigenvalue weighted by Gasteiger charge is -2.13. The van der Waals surface area contributed by atoms with Crippen molar-refractivity contribution in [1.82, 2.24) is 4.98 Å². The molecule has 0 amide bonds. The lowest BCUT2D eigenvalue weighted by Crippen LogP contribution is -2.04. The second-order valence-corrected chi connectivity index (χ2v) is 4.01. The highest BCUT2D eigenvalue weighted by Crippen LogP contribution is 2.39. The zero-order valence-corrected chi connectivity index (χ0v) is 11.5. The van der Waals surface area contributed by atoms with Gasteiger partial charge in [0.25, 0.3) is 0 Å². The first-order valence-corrected chi connectivity index (χ1v) is 5.94. The molecule has 0 fully saturated rings. The standard InChI is InChI=1S/C14H14N2O5/c1-19-10-4-3-5-11(20-2)13(10)21-12-6-8(14(17)18)9(15)7-16-12/h3-7H,15H2,1-2H3,(H,17,18). The van der Waals surface area contributed by atoms with E-state index in [1.807, 2.05) is 0 Å². The fourth-order valence-corrected chi connectivity index (χ4v) is 1.71. The molecular weight excluding hydrogens is 276 g/mol. The van der Waals surface area contributed by atoms with Crippen LogP contribution < -0.4 is 19.9 Å². The van der Waals surface area contributed by atoms with Gasteiger partial charge in [-0.25, -0.2) is 9.78 Å². The van der Waals surface area contributed by atoms with E-state index in [1.54, 1.807) is 18.2 Å². The summed E-state index contributed by atoms with van der Waals surface area (Å²) in [6, 6.07) is 6.35.